The lowest BCUT2D eigenvalue weighted by Crippen LogP contribution is -2.05. The van der Waals surface area contributed by atoms with E-state index in [4.69, 9.17) is 0 Å². The van der Waals surface area contributed by atoms with Gasteiger partial charge in [0.15, 0.2) is 0 Å². The maximum atomic E-state index is 2.42. The van der Waals surface area contributed by atoms with Crippen LogP contribution in [0.5, 0.6) is 0 Å². The number of hydrogen-bond acceptors (Lipinski definition) is 0. The van der Waals surface area contributed by atoms with E-state index in [-0.39, 0.29) is 0 Å². The van der Waals surface area contributed by atoms with Crippen molar-refractivity contribution in [1.82, 2.24) is 0 Å². The summed E-state index contributed by atoms with van der Waals surface area (Å²) in [5, 5.41) is 14.7. The van der Waals surface area contributed by atoms with Gasteiger partial charge < -0.3 is 0 Å². The smallest absolute Gasteiger partial charge is 0.00113 e. The first-order valence-corrected chi connectivity index (χ1v) is 9.59. The van der Waals surface area contributed by atoms with Crippen LogP contribution in [0.1, 0.15) is 22.3 Å². The van der Waals surface area contributed by atoms with Gasteiger partial charge in [0.05, 0.1) is 0 Å². The third-order valence-corrected chi connectivity index (χ3v) is 6.88. The summed E-state index contributed by atoms with van der Waals surface area (Å²) in [6.45, 7) is 4.56. The van der Waals surface area contributed by atoms with Crippen molar-refractivity contribution in [1.29, 1.82) is 0 Å². The monoisotopic (exact) mass is 330 g/mol. The number of aryl methyl sites for hydroxylation is 4. The Hall–Kier alpha value is -2.86. The van der Waals surface area contributed by atoms with Crippen LogP contribution in [0.15, 0.2) is 48.5 Å². The molecule has 0 radical (unpaired) electrons. The number of hydrogen-bond donors (Lipinski definition) is 0. The highest BCUT2D eigenvalue weighted by molar-refractivity contribution is 6.41. The van der Waals surface area contributed by atoms with E-state index in [2.05, 4.69) is 62.4 Å². The third-order valence-electron chi connectivity index (χ3n) is 6.88. The van der Waals surface area contributed by atoms with Crippen molar-refractivity contribution >= 4 is 53.9 Å². The first-order chi connectivity index (χ1) is 12.7. The largest absolute Gasteiger partial charge is 0.0578 e. The molecule has 0 aromatic heterocycles. The summed E-state index contributed by atoms with van der Waals surface area (Å²) in [7, 11) is 0. The van der Waals surface area contributed by atoms with Crippen molar-refractivity contribution in [2.75, 3.05) is 0 Å². The van der Waals surface area contributed by atoms with Gasteiger partial charge in [-0.1, -0.05) is 48.5 Å². The molecule has 0 amide bonds. The van der Waals surface area contributed by atoms with Gasteiger partial charge in [0, 0.05) is 0 Å². The van der Waals surface area contributed by atoms with Gasteiger partial charge in [0.25, 0.3) is 0 Å². The highest BCUT2D eigenvalue weighted by Crippen LogP contribution is 2.49. The minimum atomic E-state index is 1.16. The first-order valence-electron chi connectivity index (χ1n) is 9.59. The molecular formula is C26H18. The van der Waals surface area contributed by atoms with Crippen LogP contribution < -0.4 is 0 Å². The molecule has 0 heteroatoms. The van der Waals surface area contributed by atoms with E-state index in [0.717, 1.165) is 6.42 Å². The SMILES string of the molecule is Cc1cc2ccc3ccc4c(C)cc5ccc6c7c(c1CC6)c2c3c4c57. The molecule has 0 aliphatic heterocycles. The van der Waals surface area contributed by atoms with E-state index in [9.17, 15) is 0 Å². The lowest BCUT2D eigenvalue weighted by molar-refractivity contribution is 0.959. The molecule has 6 aromatic carbocycles. The van der Waals surface area contributed by atoms with E-state index < -0.39 is 0 Å². The molecule has 0 unspecified atom stereocenters. The molecule has 0 saturated carbocycles. The third kappa shape index (κ3) is 1.30. The predicted molar refractivity (Wildman–Crippen MR) is 113 cm³/mol. The minimum Gasteiger partial charge on any atom is -0.0578 e. The molecule has 0 saturated heterocycles. The molecular weight excluding hydrogens is 312 g/mol. The fourth-order valence-electron chi connectivity index (χ4n) is 5.79. The molecule has 6 aromatic rings. The van der Waals surface area contributed by atoms with Gasteiger partial charge in [-0.3, -0.25) is 0 Å². The Balaban J connectivity index is 2.05. The van der Waals surface area contributed by atoms with Crippen LogP contribution in [0.4, 0.5) is 0 Å². The second-order valence-corrected chi connectivity index (χ2v) is 8.19. The van der Waals surface area contributed by atoms with Crippen molar-refractivity contribution in [3.8, 4) is 0 Å². The molecule has 1 aliphatic carbocycles. The number of benzene rings is 6. The summed E-state index contributed by atoms with van der Waals surface area (Å²) in [6.07, 6.45) is 2.33. The van der Waals surface area contributed by atoms with Gasteiger partial charge in [-0.25, -0.2) is 0 Å². The van der Waals surface area contributed by atoms with E-state index in [1.807, 2.05) is 0 Å². The van der Waals surface area contributed by atoms with Gasteiger partial charge in [0.2, 0.25) is 0 Å². The second-order valence-electron chi connectivity index (χ2n) is 8.19. The molecule has 0 N–H and O–H groups in total. The Kier molecular flexibility index (Phi) is 2.11. The maximum Gasteiger partial charge on any atom is -0.00113 e. The normalized spacial score (nSPS) is 14.2. The zero-order chi connectivity index (χ0) is 17.2. The van der Waals surface area contributed by atoms with E-state index in [1.165, 1.54) is 71.6 Å². The topological polar surface area (TPSA) is 0 Å². The van der Waals surface area contributed by atoms with Crippen molar-refractivity contribution in [2.45, 2.75) is 26.7 Å². The van der Waals surface area contributed by atoms with Crippen LogP contribution in [0.2, 0.25) is 0 Å². The molecule has 0 fully saturated rings. The van der Waals surface area contributed by atoms with Crippen molar-refractivity contribution < 1.29 is 0 Å². The Bertz CT molecular complexity index is 1530. The Labute approximate surface area is 151 Å². The van der Waals surface area contributed by atoms with Crippen molar-refractivity contribution in [3.63, 3.8) is 0 Å². The lowest BCUT2D eigenvalue weighted by atomic mass is 9.77. The summed E-state index contributed by atoms with van der Waals surface area (Å²) in [5.41, 5.74) is 5.96. The van der Waals surface area contributed by atoms with Crippen LogP contribution >= 0.6 is 0 Å². The van der Waals surface area contributed by atoms with Gasteiger partial charge in [-0.2, -0.15) is 0 Å². The maximum absolute atomic E-state index is 2.42. The van der Waals surface area contributed by atoms with Crippen LogP contribution in [0.3, 0.4) is 0 Å². The van der Waals surface area contributed by atoms with Crippen molar-refractivity contribution in [2.24, 2.45) is 0 Å². The van der Waals surface area contributed by atoms with Crippen LogP contribution in [-0.2, 0) is 12.8 Å². The van der Waals surface area contributed by atoms with Crippen LogP contribution in [0.25, 0.3) is 53.9 Å². The van der Waals surface area contributed by atoms with Gasteiger partial charge in [0.1, 0.15) is 0 Å². The molecule has 0 nitrogen and oxygen atoms in total. The lowest BCUT2D eigenvalue weighted by Gasteiger charge is -2.26. The summed E-state index contributed by atoms with van der Waals surface area (Å²) >= 11 is 0. The predicted octanol–water partition coefficient (Wildman–Crippen LogP) is 7.04. The molecule has 0 heterocycles. The molecule has 7 rings (SSSR count). The minimum absolute atomic E-state index is 1.16. The molecule has 0 atom stereocenters. The fraction of sp³-hybridized carbons (Fsp3) is 0.154. The summed E-state index contributed by atoms with van der Waals surface area (Å²) in [5.74, 6) is 0. The summed E-state index contributed by atoms with van der Waals surface area (Å²) in [4.78, 5) is 0. The molecule has 0 bridgehead atoms. The van der Waals surface area contributed by atoms with E-state index >= 15 is 0 Å². The average Bonchev–Trinajstić information content (AvgIpc) is 2.66. The quantitative estimate of drug-likeness (QED) is 0.207. The Morgan fingerprint density at radius 1 is 0.538 bits per heavy atom. The summed E-state index contributed by atoms with van der Waals surface area (Å²) in [6, 6.07) is 18.8. The highest BCUT2D eigenvalue weighted by Gasteiger charge is 2.24. The van der Waals surface area contributed by atoms with Crippen molar-refractivity contribution in [3.05, 3.63) is 70.8 Å². The average molecular weight is 330 g/mol. The van der Waals surface area contributed by atoms with Crippen LogP contribution in [-0.4, -0.2) is 0 Å². The molecule has 122 valence electrons. The fourth-order valence-corrected chi connectivity index (χ4v) is 5.79. The van der Waals surface area contributed by atoms with E-state index in [1.54, 1.807) is 10.9 Å². The zero-order valence-corrected chi connectivity index (χ0v) is 15.0. The number of rotatable bonds is 0. The van der Waals surface area contributed by atoms with E-state index in [0.29, 0.717) is 0 Å². The summed E-state index contributed by atoms with van der Waals surface area (Å²) < 4.78 is 0. The Morgan fingerprint density at radius 3 is 2.08 bits per heavy atom. The molecule has 1 aliphatic rings. The molecule has 0 spiro atoms. The highest BCUT2D eigenvalue weighted by atomic mass is 14.3. The zero-order valence-electron chi connectivity index (χ0n) is 15.0. The standard InChI is InChI=1S/C26H18/c1-13-11-17-5-3-16-8-10-20-14(2)12-18-6-4-15-7-9-19(13)25-21(15)24(18)26(20)22(16)23(17)25/h3-7,9,11-12H,8,10H2,1-2H3. The van der Waals surface area contributed by atoms with Gasteiger partial charge in [-0.15, -0.1) is 0 Å². The molecule has 26 heavy (non-hydrogen) atoms. The first kappa shape index (κ1) is 13.4. The second kappa shape index (κ2) is 4.10. The Morgan fingerprint density at radius 2 is 1.19 bits per heavy atom. The van der Waals surface area contributed by atoms with Gasteiger partial charge in [-0.05, 0) is 103 Å². The van der Waals surface area contributed by atoms with Gasteiger partial charge >= 0.3 is 0 Å². The van der Waals surface area contributed by atoms with Crippen LogP contribution in [0, 0.1) is 13.8 Å².